The maximum Gasteiger partial charge on any atom is 0.191 e. The molecule has 164 valence electrons. The summed E-state index contributed by atoms with van der Waals surface area (Å²) in [5.41, 5.74) is 4.31. The summed E-state index contributed by atoms with van der Waals surface area (Å²) in [5.74, 6) is 3.25. The first-order valence-electron chi connectivity index (χ1n) is 11.1. The molecule has 1 saturated carbocycles. The predicted octanol–water partition coefficient (Wildman–Crippen LogP) is 5.94. The monoisotopic (exact) mass is 453 g/mol. The van der Waals surface area contributed by atoms with Gasteiger partial charge in [-0.2, -0.15) is 5.10 Å². The maximum absolute atomic E-state index is 5.61. The lowest BCUT2D eigenvalue weighted by Gasteiger charge is -2.08. The third-order valence-electron chi connectivity index (χ3n) is 5.80. The van der Waals surface area contributed by atoms with Crippen molar-refractivity contribution in [2.24, 2.45) is 0 Å². The van der Waals surface area contributed by atoms with Crippen molar-refractivity contribution in [2.75, 3.05) is 0 Å². The minimum absolute atomic E-state index is 0.516. The number of aromatic nitrogens is 5. The molecule has 1 aliphatic rings. The number of nitrogens with zero attached hydrogens (tertiary/aromatic N) is 5. The van der Waals surface area contributed by atoms with E-state index in [0.29, 0.717) is 12.5 Å². The Kier molecular flexibility index (Phi) is 5.32. The zero-order chi connectivity index (χ0) is 22.0. The van der Waals surface area contributed by atoms with Crippen molar-refractivity contribution in [1.82, 2.24) is 24.5 Å². The molecule has 5 aromatic rings. The summed E-state index contributed by atoms with van der Waals surface area (Å²) < 4.78 is 9.78. The molecule has 7 heteroatoms. The second kappa shape index (κ2) is 8.75. The summed E-state index contributed by atoms with van der Waals surface area (Å²) in [4.78, 5) is 0. The van der Waals surface area contributed by atoms with Gasteiger partial charge in [-0.15, -0.1) is 10.2 Å². The number of benzene rings is 2. The summed E-state index contributed by atoms with van der Waals surface area (Å²) in [5, 5.41) is 14.9. The number of para-hydroxylation sites is 1. The summed E-state index contributed by atoms with van der Waals surface area (Å²) in [6.07, 6.45) is 6.21. The first-order chi connectivity index (χ1) is 16.3. The van der Waals surface area contributed by atoms with Gasteiger partial charge >= 0.3 is 0 Å². The molecule has 1 aliphatic carbocycles. The van der Waals surface area contributed by atoms with Crippen LogP contribution in [0.5, 0.6) is 0 Å². The van der Waals surface area contributed by atoms with Gasteiger partial charge in [0.1, 0.15) is 11.6 Å². The van der Waals surface area contributed by atoms with Crippen LogP contribution in [0.2, 0.25) is 0 Å². The third kappa shape index (κ3) is 4.24. The van der Waals surface area contributed by atoms with E-state index in [2.05, 4.69) is 57.4 Å². The van der Waals surface area contributed by atoms with E-state index in [4.69, 9.17) is 9.52 Å². The zero-order valence-electron chi connectivity index (χ0n) is 18.0. The Morgan fingerprint density at radius 3 is 2.42 bits per heavy atom. The fraction of sp³-hybridized carbons (Fsp3) is 0.192. The van der Waals surface area contributed by atoms with Crippen LogP contribution in [0.25, 0.3) is 16.9 Å². The molecule has 0 radical (unpaired) electrons. The Labute approximate surface area is 196 Å². The second-order valence-electron chi connectivity index (χ2n) is 8.22. The topological polar surface area (TPSA) is 61.7 Å². The SMILES string of the molecule is c1ccc(-c2nn(-c3ccccc3)cc2CSc2nnc(C3CC3)n2Cc2ccco2)cc1. The van der Waals surface area contributed by atoms with E-state index in [1.807, 2.05) is 41.1 Å². The second-order valence-corrected chi connectivity index (χ2v) is 9.16. The first kappa shape index (κ1) is 20.1. The molecule has 0 bridgehead atoms. The Bertz CT molecular complexity index is 1340. The molecule has 0 unspecified atom stereocenters. The summed E-state index contributed by atoms with van der Waals surface area (Å²) in [6, 6.07) is 24.5. The number of thioether (sulfide) groups is 1. The molecular formula is C26H23N5OS. The lowest BCUT2D eigenvalue weighted by atomic mass is 10.1. The van der Waals surface area contributed by atoms with Gasteiger partial charge < -0.3 is 4.42 Å². The van der Waals surface area contributed by atoms with Crippen LogP contribution in [-0.4, -0.2) is 24.5 Å². The Morgan fingerprint density at radius 1 is 0.909 bits per heavy atom. The van der Waals surface area contributed by atoms with Gasteiger partial charge in [0, 0.05) is 29.0 Å². The molecule has 33 heavy (non-hydrogen) atoms. The van der Waals surface area contributed by atoms with Gasteiger partial charge in [0.2, 0.25) is 0 Å². The van der Waals surface area contributed by atoms with Crippen molar-refractivity contribution in [1.29, 1.82) is 0 Å². The van der Waals surface area contributed by atoms with Gasteiger partial charge in [0.05, 0.1) is 24.2 Å². The molecule has 6 nitrogen and oxygen atoms in total. The zero-order valence-corrected chi connectivity index (χ0v) is 18.9. The molecule has 1 fully saturated rings. The van der Waals surface area contributed by atoms with Crippen LogP contribution < -0.4 is 0 Å². The molecule has 0 atom stereocenters. The van der Waals surface area contributed by atoms with Crippen LogP contribution >= 0.6 is 11.8 Å². The van der Waals surface area contributed by atoms with E-state index in [1.165, 1.54) is 12.8 Å². The van der Waals surface area contributed by atoms with Crippen LogP contribution in [0.4, 0.5) is 0 Å². The lowest BCUT2D eigenvalue weighted by molar-refractivity contribution is 0.478. The summed E-state index contributed by atoms with van der Waals surface area (Å²) in [6.45, 7) is 0.656. The number of hydrogen-bond donors (Lipinski definition) is 0. The van der Waals surface area contributed by atoms with Crippen molar-refractivity contribution >= 4 is 11.8 Å². The molecular weight excluding hydrogens is 430 g/mol. The van der Waals surface area contributed by atoms with Crippen molar-refractivity contribution in [3.05, 3.63) is 102 Å². The first-order valence-corrected chi connectivity index (χ1v) is 12.1. The smallest absolute Gasteiger partial charge is 0.191 e. The van der Waals surface area contributed by atoms with Gasteiger partial charge in [-0.25, -0.2) is 4.68 Å². The fourth-order valence-corrected chi connectivity index (χ4v) is 4.88. The van der Waals surface area contributed by atoms with E-state index >= 15 is 0 Å². The van der Waals surface area contributed by atoms with Gasteiger partial charge in [0.25, 0.3) is 0 Å². The lowest BCUT2D eigenvalue weighted by Crippen LogP contribution is -2.05. The highest BCUT2D eigenvalue weighted by atomic mass is 32.2. The number of furan rings is 1. The molecule has 0 aliphatic heterocycles. The molecule has 3 aromatic heterocycles. The summed E-state index contributed by atoms with van der Waals surface area (Å²) in [7, 11) is 0. The van der Waals surface area contributed by atoms with Crippen molar-refractivity contribution in [3.8, 4) is 16.9 Å². The Hall–Kier alpha value is -3.58. The van der Waals surface area contributed by atoms with Crippen molar-refractivity contribution in [3.63, 3.8) is 0 Å². The van der Waals surface area contributed by atoms with Crippen LogP contribution in [0.1, 0.15) is 35.9 Å². The van der Waals surface area contributed by atoms with Gasteiger partial charge in [-0.3, -0.25) is 4.57 Å². The molecule has 3 heterocycles. The largest absolute Gasteiger partial charge is 0.467 e. The predicted molar refractivity (Wildman–Crippen MR) is 128 cm³/mol. The molecule has 0 amide bonds. The molecule has 0 saturated heterocycles. The van der Waals surface area contributed by atoms with E-state index < -0.39 is 0 Å². The summed E-state index contributed by atoms with van der Waals surface area (Å²) >= 11 is 1.70. The highest BCUT2D eigenvalue weighted by Gasteiger charge is 2.30. The molecule has 0 N–H and O–H groups in total. The van der Waals surface area contributed by atoms with Gasteiger partial charge in [-0.05, 0) is 37.1 Å². The number of hydrogen-bond acceptors (Lipinski definition) is 5. The normalized spacial score (nSPS) is 13.5. The average molecular weight is 454 g/mol. The molecule has 6 rings (SSSR count). The van der Waals surface area contributed by atoms with E-state index in [0.717, 1.165) is 45.0 Å². The fourth-order valence-electron chi connectivity index (χ4n) is 3.97. The van der Waals surface area contributed by atoms with Crippen LogP contribution in [0.3, 0.4) is 0 Å². The Morgan fingerprint density at radius 2 is 1.70 bits per heavy atom. The maximum atomic E-state index is 5.61. The quantitative estimate of drug-likeness (QED) is 0.272. The van der Waals surface area contributed by atoms with E-state index in [9.17, 15) is 0 Å². The highest BCUT2D eigenvalue weighted by molar-refractivity contribution is 7.98. The van der Waals surface area contributed by atoms with E-state index in [-0.39, 0.29) is 0 Å². The van der Waals surface area contributed by atoms with E-state index in [1.54, 1.807) is 18.0 Å². The number of rotatable bonds is 8. The standard InChI is InChI=1S/C26H23N5OS/c1-3-8-19(9-4-1)24-21(16-31(29-24)22-10-5-2-6-11-22)18-33-26-28-27-25(20-13-14-20)30(26)17-23-12-7-15-32-23/h1-12,15-16,20H,13-14,17-18H2. The van der Waals surface area contributed by atoms with Crippen molar-refractivity contribution < 1.29 is 4.42 Å². The van der Waals surface area contributed by atoms with Crippen LogP contribution in [0, 0.1) is 0 Å². The molecule has 2 aromatic carbocycles. The van der Waals surface area contributed by atoms with Crippen molar-refractivity contribution in [2.45, 2.75) is 36.2 Å². The third-order valence-corrected chi connectivity index (χ3v) is 6.81. The average Bonchev–Trinajstić information content (AvgIpc) is 3.23. The van der Waals surface area contributed by atoms with Gasteiger partial charge in [0.15, 0.2) is 5.16 Å². The molecule has 0 spiro atoms. The van der Waals surface area contributed by atoms with Gasteiger partial charge in [-0.1, -0.05) is 60.3 Å². The highest BCUT2D eigenvalue weighted by Crippen LogP contribution is 2.40. The van der Waals surface area contributed by atoms with Crippen LogP contribution in [0.15, 0.2) is 94.8 Å². The van der Waals surface area contributed by atoms with Crippen LogP contribution in [-0.2, 0) is 12.3 Å². The Balaban J connectivity index is 1.32. The minimum Gasteiger partial charge on any atom is -0.467 e. The minimum atomic E-state index is 0.516.